The molecule has 1 atom stereocenters. The number of hydrogen-bond donors (Lipinski definition) is 1. The number of carbonyl (C=O) groups excluding carboxylic acids is 1. The molecule has 0 saturated carbocycles. The van der Waals surface area contributed by atoms with E-state index in [0.29, 0.717) is 50.7 Å². The summed E-state index contributed by atoms with van der Waals surface area (Å²) in [6, 6.07) is 0. The van der Waals surface area contributed by atoms with Gasteiger partial charge in [0.15, 0.2) is 0 Å². The van der Waals surface area contributed by atoms with E-state index < -0.39 is 5.60 Å². The van der Waals surface area contributed by atoms with Crippen LogP contribution in [0.4, 0.5) is 0 Å². The Kier molecular flexibility index (Phi) is 5.20. The number of hydrogen-bond acceptors (Lipinski definition) is 6. The first-order valence-corrected chi connectivity index (χ1v) is 9.00. The number of β-amino-alcohol motifs (C(OH)–C–C–N with tert-alkyl or cyclic N) is 1. The van der Waals surface area contributed by atoms with Gasteiger partial charge in [-0.15, -0.1) is 10.2 Å². The van der Waals surface area contributed by atoms with E-state index in [1.807, 2.05) is 13.8 Å². The quantitative estimate of drug-likeness (QED) is 0.840. The van der Waals surface area contributed by atoms with E-state index in [0.717, 1.165) is 13.1 Å². The summed E-state index contributed by atoms with van der Waals surface area (Å²) in [4.78, 5) is 16.5. The number of aryl methyl sites for hydroxylation is 1. The van der Waals surface area contributed by atoms with Crippen LogP contribution in [0.3, 0.4) is 0 Å². The first kappa shape index (κ1) is 17.4. The SMILES string of the molecule is CC(C)c1nnc(CCC(=O)N2CCC(O)(CN3CCCC3)C2)o1. The van der Waals surface area contributed by atoms with Crippen LogP contribution in [0.2, 0.25) is 0 Å². The van der Waals surface area contributed by atoms with E-state index in [9.17, 15) is 9.90 Å². The van der Waals surface area contributed by atoms with Crippen LogP contribution < -0.4 is 0 Å². The van der Waals surface area contributed by atoms with Crippen LogP contribution in [0.1, 0.15) is 57.2 Å². The Bertz CT molecular complexity index is 568. The van der Waals surface area contributed by atoms with E-state index >= 15 is 0 Å². The molecule has 0 aromatic carbocycles. The largest absolute Gasteiger partial charge is 0.425 e. The molecular weight excluding hydrogens is 308 g/mol. The number of amides is 1. The summed E-state index contributed by atoms with van der Waals surface area (Å²) in [6.07, 6.45) is 3.88. The number of rotatable bonds is 6. The Morgan fingerprint density at radius 3 is 2.71 bits per heavy atom. The van der Waals surface area contributed by atoms with Gasteiger partial charge in [-0.1, -0.05) is 13.8 Å². The van der Waals surface area contributed by atoms with Crippen molar-refractivity contribution in [2.24, 2.45) is 0 Å². The van der Waals surface area contributed by atoms with Crippen LogP contribution in [0.25, 0.3) is 0 Å². The third-order valence-electron chi connectivity index (χ3n) is 4.93. The molecule has 134 valence electrons. The zero-order chi connectivity index (χ0) is 17.2. The van der Waals surface area contributed by atoms with Gasteiger partial charge in [-0.3, -0.25) is 4.79 Å². The topological polar surface area (TPSA) is 82.7 Å². The lowest BCUT2D eigenvalue weighted by Gasteiger charge is -2.28. The molecule has 2 fully saturated rings. The lowest BCUT2D eigenvalue weighted by Crippen LogP contribution is -2.45. The summed E-state index contributed by atoms with van der Waals surface area (Å²) < 4.78 is 5.54. The molecule has 2 aliphatic heterocycles. The highest BCUT2D eigenvalue weighted by atomic mass is 16.4. The molecule has 2 saturated heterocycles. The third kappa shape index (κ3) is 4.13. The Hall–Kier alpha value is -1.47. The molecule has 24 heavy (non-hydrogen) atoms. The molecule has 1 amide bonds. The standard InChI is InChI=1S/C17H28N4O3/c1-13(2)16-19-18-14(24-16)5-6-15(22)21-10-7-17(23,12-21)11-20-8-3-4-9-20/h13,23H,3-12H2,1-2H3. The van der Waals surface area contributed by atoms with E-state index in [1.54, 1.807) is 4.90 Å². The fourth-order valence-corrected chi connectivity index (χ4v) is 3.53. The number of nitrogens with zero attached hydrogens (tertiary/aromatic N) is 4. The Morgan fingerprint density at radius 1 is 1.29 bits per heavy atom. The van der Waals surface area contributed by atoms with Crippen molar-refractivity contribution >= 4 is 5.91 Å². The van der Waals surface area contributed by atoms with Gasteiger partial charge in [0.05, 0.1) is 12.1 Å². The van der Waals surface area contributed by atoms with Crippen molar-refractivity contribution in [3.05, 3.63) is 11.8 Å². The highest BCUT2D eigenvalue weighted by molar-refractivity contribution is 5.76. The van der Waals surface area contributed by atoms with Crippen LogP contribution in [0.15, 0.2) is 4.42 Å². The number of aliphatic hydroxyl groups is 1. The monoisotopic (exact) mass is 336 g/mol. The van der Waals surface area contributed by atoms with Gasteiger partial charge in [0.2, 0.25) is 17.7 Å². The van der Waals surface area contributed by atoms with Crippen molar-refractivity contribution in [1.82, 2.24) is 20.0 Å². The maximum absolute atomic E-state index is 12.4. The molecule has 1 aromatic rings. The summed E-state index contributed by atoms with van der Waals surface area (Å²) in [6.45, 7) is 7.85. The average molecular weight is 336 g/mol. The predicted octanol–water partition coefficient (Wildman–Crippen LogP) is 1.18. The Labute approximate surface area is 143 Å². The summed E-state index contributed by atoms with van der Waals surface area (Å²) >= 11 is 0. The minimum atomic E-state index is -0.755. The van der Waals surface area contributed by atoms with Crippen LogP contribution in [0.5, 0.6) is 0 Å². The van der Waals surface area contributed by atoms with E-state index in [1.165, 1.54) is 12.8 Å². The van der Waals surface area contributed by atoms with Gasteiger partial charge < -0.3 is 19.3 Å². The second-order valence-electron chi connectivity index (χ2n) is 7.46. The minimum absolute atomic E-state index is 0.0524. The van der Waals surface area contributed by atoms with E-state index in [-0.39, 0.29) is 11.8 Å². The smallest absolute Gasteiger partial charge is 0.223 e. The molecule has 1 aromatic heterocycles. The maximum atomic E-state index is 12.4. The third-order valence-corrected chi connectivity index (χ3v) is 4.93. The van der Waals surface area contributed by atoms with Crippen LogP contribution in [-0.4, -0.2) is 69.3 Å². The summed E-state index contributed by atoms with van der Waals surface area (Å²) in [5, 5.41) is 18.7. The van der Waals surface area contributed by atoms with Gasteiger partial charge >= 0.3 is 0 Å². The molecule has 0 spiro atoms. The fraction of sp³-hybridized carbons (Fsp3) is 0.824. The molecule has 7 nitrogen and oxygen atoms in total. The second kappa shape index (κ2) is 7.19. The van der Waals surface area contributed by atoms with Gasteiger partial charge in [0, 0.05) is 31.8 Å². The van der Waals surface area contributed by atoms with Gasteiger partial charge in [-0.2, -0.15) is 0 Å². The lowest BCUT2D eigenvalue weighted by atomic mass is 10.0. The van der Waals surface area contributed by atoms with Crippen molar-refractivity contribution in [1.29, 1.82) is 0 Å². The second-order valence-corrected chi connectivity index (χ2v) is 7.46. The zero-order valence-electron chi connectivity index (χ0n) is 14.7. The number of carbonyl (C=O) groups is 1. The zero-order valence-corrected chi connectivity index (χ0v) is 14.7. The number of likely N-dealkylation sites (tertiary alicyclic amines) is 2. The minimum Gasteiger partial charge on any atom is -0.425 e. The van der Waals surface area contributed by atoms with E-state index in [4.69, 9.17) is 4.42 Å². The molecule has 0 aliphatic carbocycles. The summed E-state index contributed by atoms with van der Waals surface area (Å²) in [7, 11) is 0. The summed E-state index contributed by atoms with van der Waals surface area (Å²) in [5.41, 5.74) is -0.755. The van der Waals surface area contributed by atoms with Crippen LogP contribution >= 0.6 is 0 Å². The molecule has 1 N–H and O–H groups in total. The molecule has 3 heterocycles. The normalized spacial score (nSPS) is 25.1. The van der Waals surface area contributed by atoms with Crippen molar-refractivity contribution in [2.75, 3.05) is 32.7 Å². The van der Waals surface area contributed by atoms with Crippen molar-refractivity contribution in [3.8, 4) is 0 Å². The van der Waals surface area contributed by atoms with E-state index in [2.05, 4.69) is 15.1 Å². The van der Waals surface area contributed by atoms with Gasteiger partial charge in [0.25, 0.3) is 0 Å². The van der Waals surface area contributed by atoms with Crippen LogP contribution in [-0.2, 0) is 11.2 Å². The van der Waals surface area contributed by atoms with Crippen molar-refractivity contribution in [3.63, 3.8) is 0 Å². The molecule has 0 radical (unpaired) electrons. The highest BCUT2D eigenvalue weighted by Gasteiger charge is 2.39. The van der Waals surface area contributed by atoms with Crippen molar-refractivity contribution < 1.29 is 14.3 Å². The van der Waals surface area contributed by atoms with Gasteiger partial charge in [0.1, 0.15) is 0 Å². The fourth-order valence-electron chi connectivity index (χ4n) is 3.53. The maximum Gasteiger partial charge on any atom is 0.223 e. The molecule has 0 bridgehead atoms. The lowest BCUT2D eigenvalue weighted by molar-refractivity contribution is -0.131. The molecule has 3 rings (SSSR count). The predicted molar refractivity (Wildman–Crippen MR) is 88.5 cm³/mol. The van der Waals surface area contributed by atoms with Gasteiger partial charge in [-0.05, 0) is 32.4 Å². The molecule has 2 aliphatic rings. The molecular formula is C17H28N4O3. The Balaban J connectivity index is 1.47. The summed E-state index contributed by atoms with van der Waals surface area (Å²) in [5.74, 6) is 1.37. The first-order chi connectivity index (χ1) is 11.5. The highest BCUT2D eigenvalue weighted by Crippen LogP contribution is 2.25. The average Bonchev–Trinajstić information content (AvgIpc) is 3.26. The molecule has 7 heteroatoms. The van der Waals surface area contributed by atoms with Crippen molar-refractivity contribution in [2.45, 2.75) is 57.5 Å². The van der Waals surface area contributed by atoms with Gasteiger partial charge in [-0.25, -0.2) is 0 Å². The van der Waals surface area contributed by atoms with Crippen LogP contribution in [0, 0.1) is 0 Å². The number of aromatic nitrogens is 2. The first-order valence-electron chi connectivity index (χ1n) is 9.00. The Morgan fingerprint density at radius 2 is 2.04 bits per heavy atom. The molecule has 1 unspecified atom stereocenters.